The van der Waals surface area contributed by atoms with Crippen LogP contribution >= 0.6 is 0 Å². The molecule has 9 rings (SSSR count). The molecule has 218 valence electrons. The Morgan fingerprint density at radius 3 is 1.89 bits per heavy atom. The molecule has 44 heavy (non-hydrogen) atoms. The van der Waals surface area contributed by atoms with Crippen molar-refractivity contribution in [2.75, 3.05) is 16.3 Å². The van der Waals surface area contributed by atoms with Gasteiger partial charge in [-0.2, -0.15) is 0 Å². The maximum atomic E-state index is 14.1. The summed E-state index contributed by atoms with van der Waals surface area (Å²) < 4.78 is 5.76. The van der Waals surface area contributed by atoms with E-state index in [9.17, 15) is 19.2 Å². The summed E-state index contributed by atoms with van der Waals surface area (Å²) in [6.07, 6.45) is 0.0577. The van der Waals surface area contributed by atoms with Crippen LogP contribution in [0.25, 0.3) is 0 Å². The number of anilines is 2. The van der Waals surface area contributed by atoms with E-state index in [4.69, 9.17) is 4.74 Å². The van der Waals surface area contributed by atoms with Gasteiger partial charge in [0, 0.05) is 36.6 Å². The van der Waals surface area contributed by atoms with Gasteiger partial charge >= 0.3 is 5.97 Å². The van der Waals surface area contributed by atoms with Crippen LogP contribution in [0.3, 0.4) is 0 Å². The number of nitrogens with zero attached hydrogens (tertiary/aromatic N) is 2. The Labute approximate surface area is 255 Å². The lowest BCUT2D eigenvalue weighted by atomic mass is 9.55. The molecule has 3 amide bonds. The van der Waals surface area contributed by atoms with Crippen LogP contribution in [0.2, 0.25) is 0 Å². The van der Waals surface area contributed by atoms with E-state index in [0.717, 1.165) is 39.1 Å². The van der Waals surface area contributed by atoms with Gasteiger partial charge in [-0.3, -0.25) is 19.2 Å². The Balaban J connectivity index is 1.06. The van der Waals surface area contributed by atoms with Gasteiger partial charge in [-0.05, 0) is 59.9 Å². The SMILES string of the molecule is Cc1ccc(N2C[C@@H](C(=O)Oc3cccc(N4C(=O)[C@@H]5C6c7ccccc7C(c7ccccc76)[C@@H]5C4=O)c3)CC2=O)c(C)c1. The zero-order valence-electron chi connectivity index (χ0n) is 24.4. The number of aryl methyl sites for hydroxylation is 2. The summed E-state index contributed by atoms with van der Waals surface area (Å²) in [7, 11) is 0. The van der Waals surface area contributed by atoms with Crippen molar-refractivity contribution in [1.29, 1.82) is 0 Å². The molecule has 7 nitrogen and oxygen atoms in total. The number of carbonyl (C=O) groups is 4. The molecule has 4 aromatic carbocycles. The molecular weight excluding hydrogens is 552 g/mol. The Hall–Kier alpha value is -5.04. The Morgan fingerprint density at radius 1 is 0.727 bits per heavy atom. The van der Waals surface area contributed by atoms with Gasteiger partial charge in [-0.25, -0.2) is 4.90 Å². The third kappa shape index (κ3) is 3.81. The van der Waals surface area contributed by atoms with Gasteiger partial charge in [-0.15, -0.1) is 0 Å². The molecule has 0 unspecified atom stereocenters. The molecule has 7 heteroatoms. The summed E-state index contributed by atoms with van der Waals surface area (Å²) in [5.74, 6) is -2.87. The fourth-order valence-corrected chi connectivity index (χ4v) is 8.02. The van der Waals surface area contributed by atoms with Gasteiger partial charge in [0.15, 0.2) is 0 Å². The first kappa shape index (κ1) is 26.6. The van der Waals surface area contributed by atoms with Crippen LogP contribution < -0.4 is 14.5 Å². The van der Waals surface area contributed by atoms with Crippen molar-refractivity contribution < 1.29 is 23.9 Å². The first-order valence-corrected chi connectivity index (χ1v) is 15.1. The first-order chi connectivity index (χ1) is 21.3. The van der Waals surface area contributed by atoms with Crippen LogP contribution in [0.4, 0.5) is 11.4 Å². The fraction of sp³-hybridized carbons (Fsp3) is 0.243. The summed E-state index contributed by atoms with van der Waals surface area (Å²) in [5.41, 5.74) is 7.71. The number of benzene rings is 4. The highest BCUT2D eigenvalue weighted by Gasteiger charge is 2.61. The molecule has 2 bridgehead atoms. The van der Waals surface area contributed by atoms with Crippen LogP contribution in [0.15, 0.2) is 91.0 Å². The zero-order chi connectivity index (χ0) is 30.3. The highest BCUT2D eigenvalue weighted by Crippen LogP contribution is 2.61. The molecule has 0 N–H and O–H groups in total. The number of carbonyl (C=O) groups excluding carboxylic acids is 4. The van der Waals surface area contributed by atoms with Crippen molar-refractivity contribution in [3.05, 3.63) is 124 Å². The van der Waals surface area contributed by atoms with E-state index in [1.807, 2.05) is 56.3 Å². The highest BCUT2D eigenvalue weighted by molar-refractivity contribution is 6.23. The monoisotopic (exact) mass is 582 g/mol. The lowest BCUT2D eigenvalue weighted by Gasteiger charge is -2.45. The minimum absolute atomic E-state index is 0.0577. The van der Waals surface area contributed by atoms with Crippen LogP contribution in [-0.2, 0) is 19.2 Å². The van der Waals surface area contributed by atoms with Crippen molar-refractivity contribution in [1.82, 2.24) is 0 Å². The normalized spacial score (nSPS) is 24.8. The first-order valence-electron chi connectivity index (χ1n) is 15.1. The summed E-state index contributed by atoms with van der Waals surface area (Å²) in [6, 6.07) is 28.7. The summed E-state index contributed by atoms with van der Waals surface area (Å²) in [5, 5.41) is 0. The van der Waals surface area contributed by atoms with Crippen LogP contribution in [0, 0.1) is 31.6 Å². The Morgan fingerprint density at radius 2 is 1.32 bits per heavy atom. The van der Waals surface area contributed by atoms with Crippen molar-refractivity contribution >= 4 is 35.1 Å². The maximum absolute atomic E-state index is 14.1. The van der Waals surface area contributed by atoms with Crippen molar-refractivity contribution in [2.45, 2.75) is 32.1 Å². The molecule has 4 aromatic rings. The zero-order valence-corrected chi connectivity index (χ0v) is 24.4. The van der Waals surface area contributed by atoms with E-state index in [2.05, 4.69) is 24.3 Å². The molecular formula is C37H30N2O5. The van der Waals surface area contributed by atoms with E-state index >= 15 is 0 Å². The molecule has 3 aliphatic carbocycles. The minimum Gasteiger partial charge on any atom is -0.426 e. The van der Waals surface area contributed by atoms with E-state index in [-0.39, 0.29) is 48.3 Å². The largest absolute Gasteiger partial charge is 0.426 e. The van der Waals surface area contributed by atoms with Gasteiger partial charge in [-0.1, -0.05) is 72.3 Å². The third-order valence-corrected chi connectivity index (χ3v) is 9.84. The van der Waals surface area contributed by atoms with Gasteiger partial charge in [0.25, 0.3) is 0 Å². The number of hydrogen-bond donors (Lipinski definition) is 0. The van der Waals surface area contributed by atoms with Crippen molar-refractivity contribution in [3.8, 4) is 5.75 Å². The van der Waals surface area contributed by atoms with E-state index in [0.29, 0.717) is 5.69 Å². The van der Waals surface area contributed by atoms with Crippen molar-refractivity contribution in [3.63, 3.8) is 0 Å². The van der Waals surface area contributed by atoms with Crippen molar-refractivity contribution in [2.24, 2.45) is 17.8 Å². The number of esters is 1. The smallest absolute Gasteiger partial charge is 0.316 e. The summed E-state index contributed by atoms with van der Waals surface area (Å²) >= 11 is 0. The number of amides is 3. The van der Waals surface area contributed by atoms with Gasteiger partial charge in [0.1, 0.15) is 5.75 Å². The quantitative estimate of drug-likeness (QED) is 0.176. The third-order valence-electron chi connectivity index (χ3n) is 9.84. The minimum atomic E-state index is -0.627. The lowest BCUT2D eigenvalue weighted by Crippen LogP contribution is -2.41. The fourth-order valence-electron chi connectivity index (χ4n) is 8.02. The highest BCUT2D eigenvalue weighted by atomic mass is 16.5. The number of ether oxygens (including phenoxy) is 1. The standard InChI is InChI=1S/C37H30N2O5/c1-20-14-15-29(21(2)16-20)38-19-22(17-30(38)40)37(43)44-24-9-7-8-23(18-24)39-35(41)33-31-25-10-3-4-11-26(25)32(34(33)36(39)42)28-13-6-5-12-27(28)31/h3-16,18,22,31-34H,17,19H2,1-2H3/t22-,31?,32?,33-,34+/m0/s1. The second-order valence-corrected chi connectivity index (χ2v) is 12.4. The van der Waals surface area contributed by atoms with Gasteiger partial charge < -0.3 is 9.64 Å². The van der Waals surface area contributed by atoms with Crippen LogP contribution in [0.1, 0.15) is 51.6 Å². The van der Waals surface area contributed by atoms with Gasteiger partial charge in [0.2, 0.25) is 17.7 Å². The number of imide groups is 1. The van der Waals surface area contributed by atoms with Crippen LogP contribution in [-0.4, -0.2) is 30.2 Å². The molecule has 0 saturated carbocycles. The Kier molecular flexibility index (Phi) is 5.88. The predicted octanol–water partition coefficient (Wildman–Crippen LogP) is 5.66. The molecule has 2 fully saturated rings. The molecule has 2 saturated heterocycles. The Bertz CT molecular complexity index is 1800. The molecule has 0 aromatic heterocycles. The maximum Gasteiger partial charge on any atom is 0.316 e. The van der Waals surface area contributed by atoms with E-state index < -0.39 is 23.7 Å². The second kappa shape index (κ2) is 9.74. The molecule has 2 aliphatic heterocycles. The van der Waals surface area contributed by atoms with E-state index in [1.54, 1.807) is 29.2 Å². The molecule has 2 heterocycles. The van der Waals surface area contributed by atoms with Crippen LogP contribution in [0.5, 0.6) is 5.75 Å². The van der Waals surface area contributed by atoms with Gasteiger partial charge in [0.05, 0.1) is 23.4 Å². The summed E-state index contributed by atoms with van der Waals surface area (Å²) in [4.78, 5) is 57.3. The molecule has 5 aliphatic rings. The molecule has 3 atom stereocenters. The molecule has 0 radical (unpaired) electrons. The second-order valence-electron chi connectivity index (χ2n) is 12.4. The number of hydrogen-bond acceptors (Lipinski definition) is 5. The topological polar surface area (TPSA) is 84.0 Å². The average molecular weight is 583 g/mol. The lowest BCUT2D eigenvalue weighted by molar-refractivity contribution is -0.139. The average Bonchev–Trinajstić information content (AvgIpc) is 3.54. The van der Waals surface area contributed by atoms with E-state index in [1.165, 1.54) is 4.90 Å². The predicted molar refractivity (Wildman–Crippen MR) is 164 cm³/mol. The number of rotatable bonds is 4. The summed E-state index contributed by atoms with van der Waals surface area (Å²) in [6.45, 7) is 4.18. The molecule has 0 spiro atoms.